The molecule has 1 heterocycles. The lowest BCUT2D eigenvalue weighted by molar-refractivity contribution is -0.384. The summed E-state index contributed by atoms with van der Waals surface area (Å²) in [7, 11) is 0. The highest BCUT2D eigenvalue weighted by molar-refractivity contribution is 7.18. The Balaban J connectivity index is 1.79. The molecule has 0 aliphatic carbocycles. The van der Waals surface area contributed by atoms with Crippen LogP contribution in [-0.4, -0.2) is 48.4 Å². The maximum absolute atomic E-state index is 12.0. The molecular formula is C19H19N3O8S. The van der Waals surface area contributed by atoms with Gasteiger partial charge in [-0.25, -0.2) is 4.79 Å². The fourth-order valence-electron chi connectivity index (χ4n) is 2.33. The molecule has 0 spiro atoms. The highest BCUT2D eigenvalue weighted by atomic mass is 32.1. The number of rotatable bonds is 9. The Labute approximate surface area is 180 Å². The Kier molecular flexibility index (Phi) is 8.20. The van der Waals surface area contributed by atoms with Gasteiger partial charge in [0.1, 0.15) is 11.4 Å². The molecular weight excluding hydrogens is 430 g/mol. The van der Waals surface area contributed by atoms with E-state index in [1.54, 1.807) is 19.9 Å². The van der Waals surface area contributed by atoms with Crippen molar-refractivity contribution in [3.8, 4) is 0 Å². The van der Waals surface area contributed by atoms with E-state index in [-0.39, 0.29) is 17.9 Å². The first-order valence-electron chi connectivity index (χ1n) is 8.97. The molecule has 0 unspecified atom stereocenters. The first-order valence-corrected chi connectivity index (χ1v) is 9.78. The summed E-state index contributed by atoms with van der Waals surface area (Å²) in [6.07, 6.45) is 0. The average molecular weight is 449 g/mol. The second-order valence-electron chi connectivity index (χ2n) is 6.04. The van der Waals surface area contributed by atoms with E-state index in [1.807, 2.05) is 0 Å². The normalized spacial score (nSPS) is 10.1. The number of ether oxygens (including phenoxy) is 2. The third kappa shape index (κ3) is 6.89. The van der Waals surface area contributed by atoms with Gasteiger partial charge in [-0.05, 0) is 31.5 Å². The van der Waals surface area contributed by atoms with Crippen LogP contribution in [0.15, 0.2) is 30.3 Å². The van der Waals surface area contributed by atoms with Crippen LogP contribution in [0.5, 0.6) is 0 Å². The number of hydrogen-bond donors (Lipinski definition) is 2. The summed E-state index contributed by atoms with van der Waals surface area (Å²) in [5, 5.41) is 15.9. The van der Waals surface area contributed by atoms with Gasteiger partial charge in [0.15, 0.2) is 6.61 Å². The number of anilines is 1. The zero-order valence-electron chi connectivity index (χ0n) is 16.6. The van der Waals surface area contributed by atoms with Gasteiger partial charge in [-0.2, -0.15) is 0 Å². The number of esters is 2. The highest BCUT2D eigenvalue weighted by Gasteiger charge is 2.17. The quantitative estimate of drug-likeness (QED) is 0.335. The summed E-state index contributed by atoms with van der Waals surface area (Å²) in [6.45, 7) is 2.48. The molecule has 0 radical (unpaired) electrons. The van der Waals surface area contributed by atoms with Gasteiger partial charge in [-0.15, -0.1) is 11.3 Å². The minimum absolute atomic E-state index is 0.00483. The van der Waals surface area contributed by atoms with Crippen molar-refractivity contribution in [3.63, 3.8) is 0 Å². The molecule has 0 saturated carbocycles. The zero-order chi connectivity index (χ0) is 23.0. The van der Waals surface area contributed by atoms with Crippen molar-refractivity contribution < 1.29 is 33.6 Å². The lowest BCUT2D eigenvalue weighted by Gasteiger charge is -2.07. The largest absolute Gasteiger partial charge is 0.462 e. The molecule has 12 heteroatoms. The SMILES string of the molecule is CCOC(=O)c1sc(NC(=O)COC(=O)CNC(=O)c2cccc([N+](=O)[O-])c2)cc1C. The molecule has 2 aromatic rings. The van der Waals surface area contributed by atoms with Crippen molar-refractivity contribution in [1.29, 1.82) is 0 Å². The van der Waals surface area contributed by atoms with Gasteiger partial charge < -0.3 is 20.1 Å². The molecule has 11 nitrogen and oxygen atoms in total. The average Bonchev–Trinajstić information content (AvgIpc) is 3.10. The summed E-state index contributed by atoms with van der Waals surface area (Å²) in [5.41, 5.74) is 0.381. The number of nitrogens with zero attached hydrogens (tertiary/aromatic N) is 1. The Morgan fingerprint density at radius 3 is 2.58 bits per heavy atom. The number of non-ortho nitro benzene ring substituents is 1. The van der Waals surface area contributed by atoms with Crippen molar-refractivity contribution in [3.05, 3.63) is 56.5 Å². The summed E-state index contributed by atoms with van der Waals surface area (Å²) >= 11 is 1.03. The van der Waals surface area contributed by atoms with Crippen LogP contribution in [0.3, 0.4) is 0 Å². The van der Waals surface area contributed by atoms with Crippen LogP contribution >= 0.6 is 11.3 Å². The first kappa shape index (κ1) is 23.5. The Morgan fingerprint density at radius 1 is 1.16 bits per heavy atom. The number of aryl methyl sites for hydroxylation is 1. The van der Waals surface area contributed by atoms with Crippen molar-refractivity contribution in [2.45, 2.75) is 13.8 Å². The van der Waals surface area contributed by atoms with Gasteiger partial charge in [-0.1, -0.05) is 6.07 Å². The van der Waals surface area contributed by atoms with E-state index >= 15 is 0 Å². The molecule has 2 N–H and O–H groups in total. The summed E-state index contributed by atoms with van der Waals surface area (Å²) in [4.78, 5) is 57.9. The molecule has 0 bridgehead atoms. The minimum atomic E-state index is -0.872. The molecule has 0 aliphatic heterocycles. The van der Waals surface area contributed by atoms with Crippen LogP contribution in [0.2, 0.25) is 0 Å². The van der Waals surface area contributed by atoms with Gasteiger partial charge in [0.2, 0.25) is 0 Å². The van der Waals surface area contributed by atoms with Gasteiger partial charge in [0, 0.05) is 17.7 Å². The lowest BCUT2D eigenvalue weighted by atomic mass is 10.2. The predicted octanol–water partition coefficient (Wildman–Crippen LogP) is 2.05. The molecule has 1 aromatic carbocycles. The molecule has 2 amide bonds. The third-order valence-electron chi connectivity index (χ3n) is 3.72. The third-order valence-corrected chi connectivity index (χ3v) is 4.85. The second-order valence-corrected chi connectivity index (χ2v) is 7.09. The first-order chi connectivity index (χ1) is 14.7. The van der Waals surface area contributed by atoms with Gasteiger partial charge in [-0.3, -0.25) is 24.5 Å². The van der Waals surface area contributed by atoms with E-state index in [0.29, 0.717) is 15.4 Å². The molecule has 1 aromatic heterocycles. The van der Waals surface area contributed by atoms with Crippen LogP contribution in [0.4, 0.5) is 10.7 Å². The monoisotopic (exact) mass is 449 g/mol. The Bertz CT molecular complexity index is 1020. The van der Waals surface area contributed by atoms with Crippen molar-refractivity contribution in [1.82, 2.24) is 5.32 Å². The number of nitrogens with one attached hydrogen (secondary N) is 2. The molecule has 0 atom stereocenters. The van der Waals surface area contributed by atoms with E-state index in [1.165, 1.54) is 18.2 Å². The van der Waals surface area contributed by atoms with Crippen molar-refractivity contribution in [2.75, 3.05) is 25.1 Å². The molecule has 0 aliphatic rings. The number of nitro benzene ring substituents is 1. The number of hydrogen-bond acceptors (Lipinski definition) is 9. The van der Waals surface area contributed by atoms with E-state index in [4.69, 9.17) is 9.47 Å². The van der Waals surface area contributed by atoms with Crippen molar-refractivity contribution in [2.24, 2.45) is 0 Å². The van der Waals surface area contributed by atoms with E-state index in [0.717, 1.165) is 17.4 Å². The van der Waals surface area contributed by atoms with E-state index in [2.05, 4.69) is 10.6 Å². The zero-order valence-corrected chi connectivity index (χ0v) is 17.4. The van der Waals surface area contributed by atoms with Crippen LogP contribution in [0.1, 0.15) is 32.5 Å². The summed E-state index contributed by atoms with van der Waals surface area (Å²) < 4.78 is 9.71. The molecule has 164 valence electrons. The standard InChI is InChI=1S/C19H19N3O8S/c1-3-29-19(26)17-11(2)7-15(31-17)21-14(23)10-30-16(24)9-20-18(25)12-5-4-6-13(8-12)22(27)28/h4-8H,3,9-10H2,1-2H3,(H,20,25)(H,21,23). The smallest absolute Gasteiger partial charge is 0.348 e. The maximum Gasteiger partial charge on any atom is 0.348 e. The second kappa shape index (κ2) is 10.8. The Hall–Kier alpha value is -3.80. The van der Waals surface area contributed by atoms with Gasteiger partial charge in [0.25, 0.3) is 17.5 Å². The topological polar surface area (TPSA) is 154 Å². The molecule has 0 saturated heterocycles. The maximum atomic E-state index is 12.0. The summed E-state index contributed by atoms with van der Waals surface area (Å²) in [5.74, 6) is -2.69. The van der Waals surface area contributed by atoms with Gasteiger partial charge in [0.05, 0.1) is 16.5 Å². The molecule has 31 heavy (non-hydrogen) atoms. The molecule has 0 fully saturated rings. The number of nitro groups is 1. The predicted molar refractivity (Wildman–Crippen MR) is 110 cm³/mol. The number of benzene rings is 1. The van der Waals surface area contributed by atoms with E-state index < -0.39 is 41.8 Å². The molecule has 2 rings (SSSR count). The highest BCUT2D eigenvalue weighted by Crippen LogP contribution is 2.27. The van der Waals surface area contributed by atoms with Crippen molar-refractivity contribution >= 4 is 45.8 Å². The van der Waals surface area contributed by atoms with Crippen LogP contribution in [-0.2, 0) is 19.1 Å². The van der Waals surface area contributed by atoms with E-state index in [9.17, 15) is 29.3 Å². The van der Waals surface area contributed by atoms with Gasteiger partial charge >= 0.3 is 11.9 Å². The number of thiophene rings is 1. The summed E-state index contributed by atoms with van der Waals surface area (Å²) in [6, 6.07) is 6.59. The Morgan fingerprint density at radius 2 is 1.90 bits per heavy atom. The number of carbonyl (C=O) groups excluding carboxylic acids is 4. The fraction of sp³-hybridized carbons (Fsp3) is 0.263. The minimum Gasteiger partial charge on any atom is -0.462 e. The number of carbonyl (C=O) groups is 4. The lowest BCUT2D eigenvalue weighted by Crippen LogP contribution is -2.32. The van der Waals surface area contributed by atoms with Crippen LogP contribution < -0.4 is 10.6 Å². The number of amides is 2. The van der Waals surface area contributed by atoms with Crippen LogP contribution in [0, 0.1) is 17.0 Å². The fourth-order valence-corrected chi connectivity index (χ4v) is 3.31. The van der Waals surface area contributed by atoms with Crippen LogP contribution in [0.25, 0.3) is 0 Å².